The van der Waals surface area contributed by atoms with Crippen molar-refractivity contribution in [2.75, 3.05) is 0 Å². The van der Waals surface area contributed by atoms with Gasteiger partial charge in [0, 0.05) is 28.7 Å². The highest BCUT2D eigenvalue weighted by molar-refractivity contribution is 5.91. The lowest BCUT2D eigenvalue weighted by Gasteiger charge is -2.13. The molecule has 0 N–H and O–H groups in total. The molecule has 0 fully saturated rings. The lowest BCUT2D eigenvalue weighted by Crippen LogP contribution is -2.00. The van der Waals surface area contributed by atoms with Gasteiger partial charge in [-0.3, -0.25) is 14.1 Å². The zero-order chi connectivity index (χ0) is 29.3. The van der Waals surface area contributed by atoms with Gasteiger partial charge in [0.1, 0.15) is 11.6 Å². The van der Waals surface area contributed by atoms with Crippen LogP contribution in [0.2, 0.25) is 0 Å². The van der Waals surface area contributed by atoms with E-state index in [0.717, 1.165) is 67.5 Å². The zero-order valence-electron chi connectivity index (χ0n) is 23.8. The van der Waals surface area contributed by atoms with E-state index in [4.69, 9.17) is 15.0 Å². The fraction of sp³-hybridized carbons (Fsp3) is 0. The zero-order valence-corrected chi connectivity index (χ0v) is 23.8. The van der Waals surface area contributed by atoms with Crippen LogP contribution in [0.3, 0.4) is 0 Å². The minimum absolute atomic E-state index is 0.857. The van der Waals surface area contributed by atoms with Gasteiger partial charge in [0.2, 0.25) is 0 Å². The third kappa shape index (κ3) is 4.67. The molecule has 0 aliphatic carbocycles. The Kier molecular flexibility index (Phi) is 6.39. The van der Waals surface area contributed by atoms with E-state index in [1.165, 1.54) is 0 Å². The molecule has 0 spiro atoms. The molecule has 44 heavy (non-hydrogen) atoms. The first kappa shape index (κ1) is 25.6. The van der Waals surface area contributed by atoms with Crippen LogP contribution in [0.4, 0.5) is 5.69 Å². The maximum atomic E-state index is 5.17. The van der Waals surface area contributed by atoms with Crippen LogP contribution in [0.1, 0.15) is 5.56 Å². The fourth-order valence-corrected chi connectivity index (χ4v) is 5.76. The van der Waals surface area contributed by atoms with Gasteiger partial charge in [0.15, 0.2) is 0 Å². The summed E-state index contributed by atoms with van der Waals surface area (Å²) in [6.45, 7) is 0. The average Bonchev–Trinajstić information content (AvgIpc) is 3.68. The van der Waals surface area contributed by atoms with Crippen molar-refractivity contribution in [3.63, 3.8) is 0 Å². The van der Waals surface area contributed by atoms with Crippen LogP contribution >= 0.6 is 0 Å². The lowest BCUT2D eigenvalue weighted by atomic mass is 10.0. The molecular formula is C39H27N5. The van der Waals surface area contributed by atoms with E-state index >= 15 is 0 Å². The second-order valence-electron chi connectivity index (χ2n) is 10.6. The first-order valence-corrected chi connectivity index (χ1v) is 14.6. The molecule has 5 heteroatoms. The van der Waals surface area contributed by atoms with Crippen LogP contribution in [0.25, 0.3) is 56.2 Å². The first-order chi connectivity index (χ1) is 21.8. The van der Waals surface area contributed by atoms with Crippen molar-refractivity contribution in [1.82, 2.24) is 19.1 Å². The van der Waals surface area contributed by atoms with Crippen molar-refractivity contribution < 1.29 is 0 Å². The summed E-state index contributed by atoms with van der Waals surface area (Å²) in [5, 5.41) is 0. The van der Waals surface area contributed by atoms with Crippen molar-refractivity contribution in [1.29, 1.82) is 0 Å². The molecule has 5 nitrogen and oxygen atoms in total. The predicted molar refractivity (Wildman–Crippen MR) is 180 cm³/mol. The summed E-state index contributed by atoms with van der Waals surface area (Å²) in [4.78, 5) is 15.1. The van der Waals surface area contributed by atoms with Crippen LogP contribution in [0, 0.1) is 0 Å². The fourth-order valence-electron chi connectivity index (χ4n) is 5.76. The molecule has 208 valence electrons. The number of hydrogen-bond donors (Lipinski definition) is 0. The van der Waals surface area contributed by atoms with E-state index in [1.807, 2.05) is 60.8 Å². The summed E-state index contributed by atoms with van der Waals surface area (Å²) in [6.07, 6.45) is 1.92. The Morgan fingerprint density at radius 2 is 0.886 bits per heavy atom. The van der Waals surface area contributed by atoms with Gasteiger partial charge in [-0.15, -0.1) is 0 Å². The standard InChI is InChI=1S/C39H27N5/c1-4-14-31(15-5-1)40-27-28-24-29(38-41-34-20-10-12-22-36(34)43(38)32-16-6-2-7-17-32)26-30(25-28)39-42-35-21-11-13-23-37(35)44(39)33-18-8-3-9-19-33/h1-27H. The molecule has 8 aromatic rings. The summed E-state index contributed by atoms with van der Waals surface area (Å²) in [5.74, 6) is 1.71. The summed E-state index contributed by atoms with van der Waals surface area (Å²) < 4.78 is 4.46. The van der Waals surface area contributed by atoms with E-state index in [1.54, 1.807) is 0 Å². The molecular weight excluding hydrogens is 538 g/mol. The minimum atomic E-state index is 0.857. The number of benzene rings is 6. The summed E-state index contributed by atoms with van der Waals surface area (Å²) in [6, 6.07) is 53.9. The maximum Gasteiger partial charge on any atom is 0.145 e. The Balaban J connectivity index is 1.40. The van der Waals surface area contributed by atoms with Gasteiger partial charge < -0.3 is 0 Å². The number of para-hydroxylation sites is 7. The van der Waals surface area contributed by atoms with Crippen molar-refractivity contribution in [2.24, 2.45) is 4.99 Å². The van der Waals surface area contributed by atoms with Crippen molar-refractivity contribution >= 4 is 34.0 Å². The maximum absolute atomic E-state index is 5.17. The summed E-state index contributed by atoms with van der Waals surface area (Å²) in [7, 11) is 0. The van der Waals surface area contributed by atoms with Crippen molar-refractivity contribution in [3.05, 3.63) is 163 Å². The largest absolute Gasteiger partial charge is 0.292 e. The molecule has 2 heterocycles. The second-order valence-corrected chi connectivity index (χ2v) is 10.6. The molecule has 0 aliphatic rings. The van der Waals surface area contributed by atoms with Gasteiger partial charge in [-0.25, -0.2) is 9.97 Å². The normalized spacial score (nSPS) is 11.5. The minimum Gasteiger partial charge on any atom is -0.292 e. The number of imidazole rings is 2. The third-order valence-electron chi connectivity index (χ3n) is 7.74. The van der Waals surface area contributed by atoms with Crippen LogP contribution < -0.4 is 0 Å². The Bertz CT molecular complexity index is 2130. The van der Waals surface area contributed by atoms with Crippen LogP contribution in [-0.2, 0) is 0 Å². The van der Waals surface area contributed by atoms with E-state index < -0.39 is 0 Å². The molecule has 8 rings (SSSR count). The average molecular weight is 566 g/mol. The number of aromatic nitrogens is 4. The molecule has 0 aliphatic heterocycles. The summed E-state index contributed by atoms with van der Waals surface area (Å²) >= 11 is 0. The molecule has 6 aromatic carbocycles. The van der Waals surface area contributed by atoms with Crippen molar-refractivity contribution in [3.8, 4) is 34.2 Å². The molecule has 0 amide bonds. The molecule has 0 unspecified atom stereocenters. The van der Waals surface area contributed by atoms with Gasteiger partial charge in [0.25, 0.3) is 0 Å². The van der Waals surface area contributed by atoms with Crippen LogP contribution in [0.15, 0.2) is 163 Å². The third-order valence-corrected chi connectivity index (χ3v) is 7.74. The smallest absolute Gasteiger partial charge is 0.145 e. The van der Waals surface area contributed by atoms with Crippen LogP contribution in [-0.4, -0.2) is 25.3 Å². The van der Waals surface area contributed by atoms with Gasteiger partial charge >= 0.3 is 0 Å². The molecule has 0 radical (unpaired) electrons. The van der Waals surface area contributed by atoms with Gasteiger partial charge in [-0.2, -0.15) is 0 Å². The van der Waals surface area contributed by atoms with E-state index in [9.17, 15) is 0 Å². The molecule has 0 saturated heterocycles. The Hall–Kier alpha value is -6.07. The highest BCUT2D eigenvalue weighted by Crippen LogP contribution is 2.34. The SMILES string of the molecule is C(=Nc1ccccc1)c1cc(-c2nc3ccccc3n2-c2ccccc2)cc(-c2nc3ccccc3n2-c2ccccc2)c1. The summed E-state index contributed by atoms with van der Waals surface area (Å²) in [5.41, 5.74) is 9.89. The molecule has 0 saturated carbocycles. The van der Waals surface area contributed by atoms with Crippen LogP contribution in [0.5, 0.6) is 0 Å². The number of aliphatic imine (C=N–C) groups is 1. The predicted octanol–water partition coefficient (Wildman–Crippen LogP) is 9.45. The number of hydrogen-bond acceptors (Lipinski definition) is 3. The van der Waals surface area contributed by atoms with Gasteiger partial charge in [-0.05, 0) is 84.4 Å². The Labute approximate surface area is 255 Å². The highest BCUT2D eigenvalue weighted by Gasteiger charge is 2.19. The van der Waals surface area contributed by atoms with E-state index in [2.05, 4.69) is 112 Å². The van der Waals surface area contributed by atoms with E-state index in [-0.39, 0.29) is 0 Å². The van der Waals surface area contributed by atoms with Crippen molar-refractivity contribution in [2.45, 2.75) is 0 Å². The molecule has 2 aromatic heterocycles. The van der Waals surface area contributed by atoms with E-state index in [0.29, 0.717) is 0 Å². The first-order valence-electron chi connectivity index (χ1n) is 14.6. The molecule has 0 bridgehead atoms. The monoisotopic (exact) mass is 565 g/mol. The molecule has 0 atom stereocenters. The Morgan fingerprint density at radius 1 is 0.455 bits per heavy atom. The topological polar surface area (TPSA) is 48.0 Å². The van der Waals surface area contributed by atoms with Gasteiger partial charge in [-0.1, -0.05) is 78.9 Å². The number of rotatable bonds is 6. The quantitative estimate of drug-likeness (QED) is 0.189. The number of nitrogens with zero attached hydrogens (tertiary/aromatic N) is 5. The lowest BCUT2D eigenvalue weighted by molar-refractivity contribution is 1.09. The number of fused-ring (bicyclic) bond motifs is 2. The second kappa shape index (κ2) is 11.0. The highest BCUT2D eigenvalue weighted by atomic mass is 15.1. The Morgan fingerprint density at radius 3 is 1.39 bits per heavy atom. The van der Waals surface area contributed by atoms with Gasteiger partial charge in [0.05, 0.1) is 27.8 Å².